The molecule has 126 valence electrons. The monoisotopic (exact) mass is 326 g/mol. The first-order valence-electron chi connectivity index (χ1n) is 7.68. The van der Waals surface area contributed by atoms with Gasteiger partial charge in [0.2, 0.25) is 11.8 Å². The minimum atomic E-state index is -0.214. The number of ether oxygens (including phenoxy) is 1. The maximum absolute atomic E-state index is 12.6. The van der Waals surface area contributed by atoms with E-state index in [1.807, 2.05) is 49.4 Å². The summed E-state index contributed by atoms with van der Waals surface area (Å²) in [6.07, 6.45) is 0. The van der Waals surface area contributed by atoms with Crippen molar-refractivity contribution in [1.29, 1.82) is 0 Å². The predicted octanol–water partition coefficient (Wildman–Crippen LogP) is 3.02. The van der Waals surface area contributed by atoms with E-state index in [-0.39, 0.29) is 18.4 Å². The smallest absolute Gasteiger partial charge is 0.246 e. The van der Waals surface area contributed by atoms with Crippen molar-refractivity contribution in [1.82, 2.24) is 0 Å². The van der Waals surface area contributed by atoms with Crippen molar-refractivity contribution >= 4 is 23.2 Å². The first kappa shape index (κ1) is 17.5. The molecule has 0 atom stereocenters. The van der Waals surface area contributed by atoms with Crippen molar-refractivity contribution in [3.63, 3.8) is 0 Å². The van der Waals surface area contributed by atoms with Gasteiger partial charge in [-0.25, -0.2) is 0 Å². The molecule has 0 aliphatic carbocycles. The van der Waals surface area contributed by atoms with Gasteiger partial charge in [-0.3, -0.25) is 14.5 Å². The van der Waals surface area contributed by atoms with Crippen LogP contribution in [-0.4, -0.2) is 32.5 Å². The van der Waals surface area contributed by atoms with Crippen molar-refractivity contribution in [2.24, 2.45) is 0 Å². The molecule has 0 bridgehead atoms. The van der Waals surface area contributed by atoms with E-state index in [4.69, 9.17) is 4.74 Å². The third kappa shape index (κ3) is 3.93. The zero-order valence-corrected chi connectivity index (χ0v) is 14.4. The summed E-state index contributed by atoms with van der Waals surface area (Å²) in [5.74, 6) is 0.166. The number of carbonyl (C=O) groups is 2. The second-order valence-electron chi connectivity index (χ2n) is 5.57. The van der Waals surface area contributed by atoms with E-state index in [0.717, 1.165) is 11.3 Å². The quantitative estimate of drug-likeness (QED) is 0.848. The first-order valence-corrected chi connectivity index (χ1v) is 7.68. The highest BCUT2D eigenvalue weighted by Crippen LogP contribution is 2.29. The van der Waals surface area contributed by atoms with Gasteiger partial charge in [0.25, 0.3) is 0 Å². The number of aryl methyl sites for hydroxylation is 1. The van der Waals surface area contributed by atoms with Crippen molar-refractivity contribution in [3.8, 4) is 5.75 Å². The van der Waals surface area contributed by atoms with Gasteiger partial charge in [-0.15, -0.1) is 0 Å². The highest BCUT2D eigenvalue weighted by molar-refractivity contribution is 6.03. The molecule has 0 fully saturated rings. The van der Waals surface area contributed by atoms with Gasteiger partial charge in [-0.1, -0.05) is 24.3 Å². The third-order valence-corrected chi connectivity index (χ3v) is 3.82. The summed E-state index contributed by atoms with van der Waals surface area (Å²) >= 11 is 0. The zero-order valence-electron chi connectivity index (χ0n) is 14.4. The molecule has 0 aliphatic heterocycles. The third-order valence-electron chi connectivity index (χ3n) is 3.82. The predicted molar refractivity (Wildman–Crippen MR) is 95.6 cm³/mol. The summed E-state index contributed by atoms with van der Waals surface area (Å²) in [5.41, 5.74) is 2.36. The van der Waals surface area contributed by atoms with Crippen LogP contribution in [-0.2, 0) is 9.59 Å². The second-order valence-corrected chi connectivity index (χ2v) is 5.57. The van der Waals surface area contributed by atoms with E-state index in [1.165, 1.54) is 16.7 Å². The minimum absolute atomic E-state index is 0.0550. The van der Waals surface area contributed by atoms with E-state index in [9.17, 15) is 9.59 Å². The van der Waals surface area contributed by atoms with Gasteiger partial charge in [-0.2, -0.15) is 0 Å². The molecule has 2 aromatic rings. The fourth-order valence-corrected chi connectivity index (χ4v) is 2.41. The minimum Gasteiger partial charge on any atom is -0.495 e. The number of benzene rings is 2. The Morgan fingerprint density at radius 1 is 1.08 bits per heavy atom. The van der Waals surface area contributed by atoms with E-state index in [1.54, 1.807) is 20.2 Å². The lowest BCUT2D eigenvalue weighted by atomic mass is 10.2. The van der Waals surface area contributed by atoms with Crippen LogP contribution >= 0.6 is 0 Å². The topological polar surface area (TPSA) is 49.9 Å². The Labute approximate surface area is 142 Å². The van der Waals surface area contributed by atoms with Gasteiger partial charge in [0, 0.05) is 19.7 Å². The van der Waals surface area contributed by atoms with Crippen LogP contribution < -0.4 is 14.5 Å². The highest BCUT2D eigenvalue weighted by atomic mass is 16.5. The van der Waals surface area contributed by atoms with Crippen LogP contribution in [0.4, 0.5) is 11.4 Å². The Morgan fingerprint density at radius 2 is 1.75 bits per heavy atom. The van der Waals surface area contributed by atoms with Gasteiger partial charge >= 0.3 is 0 Å². The largest absolute Gasteiger partial charge is 0.495 e. The second kappa shape index (κ2) is 7.64. The van der Waals surface area contributed by atoms with Crippen LogP contribution in [0.25, 0.3) is 0 Å². The van der Waals surface area contributed by atoms with Gasteiger partial charge in [-0.05, 0) is 36.8 Å². The molecular weight excluding hydrogens is 304 g/mol. The van der Waals surface area contributed by atoms with E-state index in [0.29, 0.717) is 11.4 Å². The molecule has 5 heteroatoms. The molecule has 0 saturated heterocycles. The fourth-order valence-electron chi connectivity index (χ4n) is 2.41. The summed E-state index contributed by atoms with van der Waals surface area (Å²) < 4.78 is 5.34. The maximum atomic E-state index is 12.6. The molecule has 0 radical (unpaired) electrons. The normalized spacial score (nSPS) is 10.2. The van der Waals surface area contributed by atoms with Crippen LogP contribution in [0.15, 0.2) is 48.5 Å². The molecule has 2 rings (SSSR count). The number of hydrogen-bond donors (Lipinski definition) is 0. The van der Waals surface area contributed by atoms with Crippen LogP contribution in [0, 0.1) is 6.92 Å². The lowest BCUT2D eigenvalue weighted by Crippen LogP contribution is -2.41. The van der Waals surface area contributed by atoms with E-state index in [2.05, 4.69) is 0 Å². The highest BCUT2D eigenvalue weighted by Gasteiger charge is 2.22. The lowest BCUT2D eigenvalue weighted by molar-refractivity contribution is -0.121. The molecule has 0 saturated carbocycles. The fraction of sp³-hybridized carbons (Fsp3) is 0.263. The van der Waals surface area contributed by atoms with Crippen LogP contribution in [0.5, 0.6) is 5.75 Å². The molecule has 0 aromatic heterocycles. The molecule has 0 heterocycles. The van der Waals surface area contributed by atoms with E-state index >= 15 is 0 Å². The Kier molecular flexibility index (Phi) is 5.58. The van der Waals surface area contributed by atoms with Crippen LogP contribution in [0.1, 0.15) is 12.5 Å². The summed E-state index contributed by atoms with van der Waals surface area (Å²) in [5, 5.41) is 0. The number of amides is 2. The zero-order chi connectivity index (χ0) is 17.7. The molecule has 2 aromatic carbocycles. The number of para-hydroxylation sites is 1. The van der Waals surface area contributed by atoms with Crippen LogP contribution in [0.3, 0.4) is 0 Å². The van der Waals surface area contributed by atoms with Crippen molar-refractivity contribution in [3.05, 3.63) is 54.1 Å². The maximum Gasteiger partial charge on any atom is 0.246 e. The summed E-state index contributed by atoms with van der Waals surface area (Å²) in [7, 11) is 3.24. The SMILES string of the molecule is COc1ccc(C)cc1N(CC(=O)N(C)c1ccccc1)C(C)=O. The Balaban J connectivity index is 2.28. The van der Waals surface area contributed by atoms with Crippen LogP contribution in [0.2, 0.25) is 0 Å². The Morgan fingerprint density at radius 3 is 2.33 bits per heavy atom. The summed E-state index contributed by atoms with van der Waals surface area (Å²) in [4.78, 5) is 27.7. The average Bonchev–Trinajstić information content (AvgIpc) is 2.59. The number of hydrogen-bond acceptors (Lipinski definition) is 3. The molecule has 2 amide bonds. The molecule has 24 heavy (non-hydrogen) atoms. The van der Waals surface area contributed by atoms with Crippen molar-refractivity contribution < 1.29 is 14.3 Å². The number of nitrogens with zero attached hydrogens (tertiary/aromatic N) is 2. The molecular formula is C19H22N2O3. The van der Waals surface area contributed by atoms with Gasteiger partial charge in [0.1, 0.15) is 12.3 Å². The number of likely N-dealkylation sites (N-methyl/N-ethyl adjacent to an activating group) is 1. The molecule has 0 spiro atoms. The molecule has 0 aliphatic rings. The van der Waals surface area contributed by atoms with E-state index < -0.39 is 0 Å². The summed E-state index contributed by atoms with van der Waals surface area (Å²) in [6.45, 7) is 3.32. The molecule has 0 N–H and O–H groups in total. The number of methoxy groups -OCH3 is 1. The molecule has 0 unspecified atom stereocenters. The van der Waals surface area contributed by atoms with Crippen molar-refractivity contribution in [2.45, 2.75) is 13.8 Å². The standard InChI is InChI=1S/C19H22N2O3/c1-14-10-11-18(24-4)17(12-14)21(15(2)22)13-19(23)20(3)16-8-6-5-7-9-16/h5-12H,13H2,1-4H3. The number of rotatable bonds is 5. The first-order chi connectivity index (χ1) is 11.4. The average molecular weight is 326 g/mol. The van der Waals surface area contributed by atoms with Gasteiger partial charge < -0.3 is 9.64 Å². The number of carbonyl (C=O) groups excluding carboxylic acids is 2. The number of anilines is 2. The lowest BCUT2D eigenvalue weighted by Gasteiger charge is -2.26. The van der Waals surface area contributed by atoms with Gasteiger partial charge in [0.15, 0.2) is 0 Å². The Hall–Kier alpha value is -2.82. The Bertz CT molecular complexity index is 729. The summed E-state index contributed by atoms with van der Waals surface area (Å²) in [6, 6.07) is 14.9. The molecule has 5 nitrogen and oxygen atoms in total. The van der Waals surface area contributed by atoms with Gasteiger partial charge in [0.05, 0.1) is 12.8 Å². The van der Waals surface area contributed by atoms with Crippen molar-refractivity contribution in [2.75, 3.05) is 30.5 Å².